The second-order valence-electron chi connectivity index (χ2n) is 6.88. The van der Waals surface area contributed by atoms with Gasteiger partial charge in [0.25, 0.3) is 5.91 Å². The Morgan fingerprint density at radius 1 is 1.09 bits per heavy atom. The van der Waals surface area contributed by atoms with Gasteiger partial charge in [0.05, 0.1) is 6.54 Å². The summed E-state index contributed by atoms with van der Waals surface area (Å²) in [6, 6.07) is 15.0. The van der Waals surface area contributed by atoms with Crippen molar-refractivity contribution in [2.45, 2.75) is 40.7 Å². The van der Waals surface area contributed by atoms with Gasteiger partial charge in [-0.2, -0.15) is 0 Å². The summed E-state index contributed by atoms with van der Waals surface area (Å²) in [5.41, 5.74) is 8.48. The Hall–Kier alpha value is -3.40. The lowest BCUT2D eigenvalue weighted by Gasteiger charge is -2.13. The van der Waals surface area contributed by atoms with Crippen LogP contribution in [0.5, 0.6) is 0 Å². The van der Waals surface area contributed by atoms with E-state index < -0.39 is 0 Å². The second kappa shape index (κ2) is 15.4. The smallest absolute Gasteiger partial charge is 0.255 e. The number of benzene rings is 2. The lowest BCUT2D eigenvalue weighted by molar-refractivity contribution is 0.102. The Morgan fingerprint density at radius 2 is 1.82 bits per heavy atom. The third-order valence-corrected chi connectivity index (χ3v) is 4.18. The zero-order valence-corrected chi connectivity index (χ0v) is 20.7. The first-order chi connectivity index (χ1) is 16.1. The van der Waals surface area contributed by atoms with Gasteiger partial charge in [-0.25, -0.2) is 4.98 Å². The molecule has 33 heavy (non-hydrogen) atoms. The van der Waals surface area contributed by atoms with Crippen LogP contribution in [-0.4, -0.2) is 41.0 Å². The van der Waals surface area contributed by atoms with Crippen LogP contribution in [-0.2, 0) is 6.54 Å². The molecule has 0 aliphatic heterocycles. The first-order valence-electron chi connectivity index (χ1n) is 11.4. The molecule has 0 saturated carbocycles. The molecule has 0 radical (unpaired) electrons. The molecule has 0 fully saturated rings. The number of rotatable bonds is 6. The zero-order chi connectivity index (χ0) is 24.6. The van der Waals surface area contributed by atoms with Crippen molar-refractivity contribution in [1.82, 2.24) is 14.5 Å². The fourth-order valence-electron chi connectivity index (χ4n) is 2.88. The third-order valence-electron chi connectivity index (χ3n) is 4.18. The Kier molecular flexibility index (Phi) is 12.9. The highest BCUT2D eigenvalue weighted by molar-refractivity contribution is 6.04. The normalized spacial score (nSPS) is 9.58. The van der Waals surface area contributed by atoms with Crippen molar-refractivity contribution in [2.75, 3.05) is 26.0 Å². The highest BCUT2D eigenvalue weighted by Gasteiger charge is 2.09. The number of nitrogens with zero attached hydrogens (tertiary/aromatic N) is 3. The standard InChI is InChI=1S/C23H25N5O.2C2H6/c1-27(2)17-22-25-13-14-28(22)21-11-6-10-20(16-21)26-23(29)19-9-5-8-18(15-19)7-3-4-12-24;2*1-2/h5-6,8-11,13-16H,4,12,17,24H2,1-2H3,(H,26,29);2*1-2H3. The lowest BCUT2D eigenvalue weighted by atomic mass is 10.1. The van der Waals surface area contributed by atoms with Crippen LogP contribution in [0.2, 0.25) is 0 Å². The molecule has 2 aromatic carbocycles. The zero-order valence-electron chi connectivity index (χ0n) is 20.7. The van der Waals surface area contributed by atoms with Crippen molar-refractivity contribution in [2.24, 2.45) is 5.73 Å². The number of carbonyl (C=O) groups excluding carboxylic acids is 1. The first kappa shape index (κ1) is 27.6. The molecule has 6 nitrogen and oxygen atoms in total. The van der Waals surface area contributed by atoms with Crippen molar-refractivity contribution in [3.63, 3.8) is 0 Å². The van der Waals surface area contributed by atoms with Crippen LogP contribution < -0.4 is 11.1 Å². The predicted octanol–water partition coefficient (Wildman–Crippen LogP) is 4.94. The molecule has 3 aromatic rings. The summed E-state index contributed by atoms with van der Waals surface area (Å²) in [7, 11) is 4.01. The molecule has 0 spiro atoms. The number of imidazole rings is 1. The van der Waals surface area contributed by atoms with E-state index in [4.69, 9.17) is 5.73 Å². The summed E-state index contributed by atoms with van der Waals surface area (Å²) < 4.78 is 2.02. The molecule has 1 amide bonds. The Balaban J connectivity index is 0.00000129. The molecule has 3 rings (SSSR count). The van der Waals surface area contributed by atoms with Crippen LogP contribution >= 0.6 is 0 Å². The number of carbonyl (C=O) groups is 1. The van der Waals surface area contributed by atoms with Crippen molar-refractivity contribution < 1.29 is 4.79 Å². The average Bonchev–Trinajstić information content (AvgIpc) is 3.30. The number of anilines is 1. The monoisotopic (exact) mass is 447 g/mol. The summed E-state index contributed by atoms with van der Waals surface area (Å²) in [4.78, 5) is 19.2. The number of amides is 1. The van der Waals surface area contributed by atoms with Crippen molar-refractivity contribution in [3.05, 3.63) is 77.9 Å². The van der Waals surface area contributed by atoms with Gasteiger partial charge in [-0.05, 0) is 50.5 Å². The van der Waals surface area contributed by atoms with Gasteiger partial charge in [0, 0.05) is 47.9 Å². The molecule has 0 bridgehead atoms. The van der Waals surface area contributed by atoms with E-state index in [9.17, 15) is 4.79 Å². The van der Waals surface area contributed by atoms with Gasteiger partial charge in [-0.3, -0.25) is 4.79 Å². The maximum atomic E-state index is 12.7. The number of nitrogens with one attached hydrogen (secondary N) is 1. The van der Waals surface area contributed by atoms with E-state index in [0.29, 0.717) is 18.5 Å². The lowest BCUT2D eigenvalue weighted by Crippen LogP contribution is -2.15. The molecule has 176 valence electrons. The van der Waals surface area contributed by atoms with E-state index in [2.05, 4.69) is 27.0 Å². The van der Waals surface area contributed by atoms with E-state index in [1.807, 2.05) is 89.0 Å². The largest absolute Gasteiger partial charge is 0.330 e. The van der Waals surface area contributed by atoms with E-state index in [-0.39, 0.29) is 5.91 Å². The van der Waals surface area contributed by atoms with Crippen molar-refractivity contribution >= 4 is 11.6 Å². The van der Waals surface area contributed by atoms with Crippen LogP contribution in [0, 0.1) is 11.8 Å². The summed E-state index contributed by atoms with van der Waals surface area (Å²) in [6.45, 7) is 9.25. The minimum atomic E-state index is -0.177. The van der Waals surface area contributed by atoms with Crippen molar-refractivity contribution in [1.29, 1.82) is 0 Å². The highest BCUT2D eigenvalue weighted by atomic mass is 16.1. The van der Waals surface area contributed by atoms with E-state index in [1.165, 1.54) is 0 Å². The van der Waals surface area contributed by atoms with E-state index >= 15 is 0 Å². The van der Waals surface area contributed by atoms with Crippen LogP contribution in [0.15, 0.2) is 60.9 Å². The third kappa shape index (κ3) is 8.93. The first-order valence-corrected chi connectivity index (χ1v) is 11.4. The molecule has 0 atom stereocenters. The molecular weight excluding hydrogens is 410 g/mol. The number of nitrogens with two attached hydrogens (primary N) is 1. The van der Waals surface area contributed by atoms with Gasteiger partial charge < -0.3 is 20.5 Å². The topological polar surface area (TPSA) is 76.2 Å². The number of hydrogen-bond acceptors (Lipinski definition) is 4. The molecule has 1 heterocycles. The van der Waals surface area contributed by atoms with Crippen LogP contribution in [0.3, 0.4) is 0 Å². The summed E-state index contributed by atoms with van der Waals surface area (Å²) in [6.07, 6.45) is 4.33. The van der Waals surface area contributed by atoms with Gasteiger partial charge >= 0.3 is 0 Å². The minimum Gasteiger partial charge on any atom is -0.330 e. The molecule has 6 heteroatoms. The van der Waals surface area contributed by atoms with Crippen LogP contribution in [0.4, 0.5) is 5.69 Å². The fraction of sp³-hybridized carbons (Fsp3) is 0.333. The van der Waals surface area contributed by atoms with Gasteiger partial charge in [-0.15, -0.1) is 0 Å². The average molecular weight is 448 g/mol. The molecule has 1 aromatic heterocycles. The van der Waals surface area contributed by atoms with E-state index in [1.54, 1.807) is 18.3 Å². The molecule has 0 unspecified atom stereocenters. The maximum Gasteiger partial charge on any atom is 0.255 e. The van der Waals surface area contributed by atoms with Gasteiger partial charge in [0.15, 0.2) is 0 Å². The van der Waals surface area contributed by atoms with Crippen LogP contribution in [0.25, 0.3) is 5.69 Å². The van der Waals surface area contributed by atoms with Crippen LogP contribution in [0.1, 0.15) is 55.9 Å². The van der Waals surface area contributed by atoms with Crippen molar-refractivity contribution in [3.8, 4) is 17.5 Å². The predicted molar refractivity (Wildman–Crippen MR) is 139 cm³/mol. The molecule has 3 N–H and O–H groups in total. The SMILES string of the molecule is CC.CC.CN(C)Cc1nccn1-c1cccc(NC(=O)c2cccc(C#CCCN)c2)c1. The van der Waals surface area contributed by atoms with Gasteiger partial charge in [-0.1, -0.05) is 51.7 Å². The maximum absolute atomic E-state index is 12.7. The fourth-order valence-corrected chi connectivity index (χ4v) is 2.88. The molecule has 0 saturated heterocycles. The summed E-state index contributed by atoms with van der Waals surface area (Å²) in [5.74, 6) is 6.78. The molecule has 0 aliphatic rings. The second-order valence-corrected chi connectivity index (χ2v) is 6.88. The Labute approximate surface area is 198 Å². The van der Waals surface area contributed by atoms with Gasteiger partial charge in [0.2, 0.25) is 0 Å². The Bertz CT molecular complexity index is 1040. The Morgan fingerprint density at radius 3 is 2.52 bits per heavy atom. The number of hydrogen-bond donors (Lipinski definition) is 2. The van der Waals surface area contributed by atoms with Gasteiger partial charge in [0.1, 0.15) is 5.82 Å². The van der Waals surface area contributed by atoms with E-state index in [0.717, 1.165) is 29.3 Å². The summed E-state index contributed by atoms with van der Waals surface area (Å²) in [5, 5.41) is 2.96. The molecular formula is C27H37N5O. The number of aromatic nitrogens is 2. The quantitative estimate of drug-likeness (QED) is 0.525. The minimum absolute atomic E-state index is 0.177. The molecule has 0 aliphatic carbocycles. The summed E-state index contributed by atoms with van der Waals surface area (Å²) >= 11 is 0. The highest BCUT2D eigenvalue weighted by Crippen LogP contribution is 2.18.